The van der Waals surface area contributed by atoms with E-state index in [0.29, 0.717) is 13.0 Å². The van der Waals surface area contributed by atoms with Gasteiger partial charge in [-0.25, -0.2) is 4.39 Å². The van der Waals surface area contributed by atoms with Crippen LogP contribution in [0.4, 0.5) is 4.39 Å². The lowest BCUT2D eigenvalue weighted by molar-refractivity contribution is -0.144. The molecule has 0 aliphatic heterocycles. The van der Waals surface area contributed by atoms with Gasteiger partial charge in [0.2, 0.25) is 5.91 Å². The van der Waals surface area contributed by atoms with E-state index in [9.17, 15) is 14.0 Å². The van der Waals surface area contributed by atoms with E-state index in [0.717, 1.165) is 12.8 Å². The van der Waals surface area contributed by atoms with Crippen molar-refractivity contribution in [2.45, 2.75) is 52.1 Å². The molecular formula is C12H22FNO3. The second-order valence-corrected chi connectivity index (χ2v) is 4.08. The van der Waals surface area contributed by atoms with E-state index < -0.39 is 12.1 Å². The summed E-state index contributed by atoms with van der Waals surface area (Å²) in [6.07, 6.45) is 1.56. The summed E-state index contributed by atoms with van der Waals surface area (Å²) in [6, 6.07) is 0. The van der Waals surface area contributed by atoms with Crippen molar-refractivity contribution in [2.75, 3.05) is 13.1 Å². The summed E-state index contributed by atoms with van der Waals surface area (Å²) in [5.74, 6) is -1.32. The van der Waals surface area contributed by atoms with E-state index >= 15 is 0 Å². The van der Waals surface area contributed by atoms with E-state index in [1.165, 1.54) is 4.90 Å². The van der Waals surface area contributed by atoms with Crippen molar-refractivity contribution in [1.29, 1.82) is 0 Å². The van der Waals surface area contributed by atoms with Crippen LogP contribution < -0.4 is 0 Å². The van der Waals surface area contributed by atoms with E-state index in [4.69, 9.17) is 5.11 Å². The van der Waals surface area contributed by atoms with Crippen LogP contribution in [0.15, 0.2) is 0 Å². The number of nitrogens with zero attached hydrogens (tertiary/aromatic N) is 1. The van der Waals surface area contributed by atoms with Crippen LogP contribution in [0.2, 0.25) is 0 Å². The van der Waals surface area contributed by atoms with Crippen LogP contribution in [0, 0.1) is 0 Å². The average Bonchev–Trinajstić information content (AvgIpc) is 2.29. The molecule has 4 nitrogen and oxygen atoms in total. The monoisotopic (exact) mass is 247 g/mol. The van der Waals surface area contributed by atoms with Crippen molar-refractivity contribution < 1.29 is 19.1 Å². The Balaban J connectivity index is 3.93. The number of alkyl halides is 1. The SMILES string of the molecule is CCCCC(F)CCC(=O)N(CC)CC(=O)O. The molecule has 1 N–H and O–H groups in total. The van der Waals surface area contributed by atoms with Crippen molar-refractivity contribution >= 4 is 11.9 Å². The lowest BCUT2D eigenvalue weighted by Crippen LogP contribution is -2.35. The molecule has 0 spiro atoms. The molecule has 0 aromatic rings. The quantitative estimate of drug-likeness (QED) is 0.679. The Labute approximate surface area is 102 Å². The number of hydrogen-bond donors (Lipinski definition) is 1. The number of carboxylic acids is 1. The highest BCUT2D eigenvalue weighted by molar-refractivity contribution is 5.81. The number of carbonyl (C=O) groups excluding carboxylic acids is 1. The largest absolute Gasteiger partial charge is 0.480 e. The molecule has 100 valence electrons. The number of amides is 1. The van der Waals surface area contributed by atoms with Gasteiger partial charge in [0.25, 0.3) is 0 Å². The van der Waals surface area contributed by atoms with Crippen molar-refractivity contribution in [3.8, 4) is 0 Å². The first-order chi connectivity index (χ1) is 8.01. The molecule has 0 aromatic heterocycles. The minimum Gasteiger partial charge on any atom is -0.480 e. The third-order valence-corrected chi connectivity index (χ3v) is 2.60. The van der Waals surface area contributed by atoms with Crippen molar-refractivity contribution in [3.63, 3.8) is 0 Å². The van der Waals surface area contributed by atoms with Crippen LogP contribution in [-0.2, 0) is 9.59 Å². The Kier molecular flexibility index (Phi) is 8.36. The molecule has 17 heavy (non-hydrogen) atoms. The maximum Gasteiger partial charge on any atom is 0.323 e. The number of unbranched alkanes of at least 4 members (excludes halogenated alkanes) is 1. The van der Waals surface area contributed by atoms with E-state index in [2.05, 4.69) is 0 Å². The topological polar surface area (TPSA) is 57.6 Å². The van der Waals surface area contributed by atoms with Gasteiger partial charge in [0.15, 0.2) is 0 Å². The molecule has 0 saturated carbocycles. The number of halogens is 1. The van der Waals surface area contributed by atoms with Gasteiger partial charge in [-0.15, -0.1) is 0 Å². The number of rotatable bonds is 9. The summed E-state index contributed by atoms with van der Waals surface area (Å²) in [4.78, 5) is 23.3. The molecule has 0 aliphatic rings. The maximum atomic E-state index is 13.3. The van der Waals surface area contributed by atoms with Gasteiger partial charge >= 0.3 is 5.97 Å². The van der Waals surface area contributed by atoms with Crippen molar-refractivity contribution in [2.24, 2.45) is 0 Å². The number of aliphatic carboxylic acids is 1. The summed E-state index contributed by atoms with van der Waals surface area (Å²) in [5.41, 5.74) is 0. The Morgan fingerprint density at radius 2 is 1.94 bits per heavy atom. The highest BCUT2D eigenvalue weighted by Crippen LogP contribution is 2.11. The van der Waals surface area contributed by atoms with Gasteiger partial charge in [0.1, 0.15) is 12.7 Å². The van der Waals surface area contributed by atoms with Crippen molar-refractivity contribution in [3.05, 3.63) is 0 Å². The van der Waals surface area contributed by atoms with Crippen LogP contribution in [0.3, 0.4) is 0 Å². The molecule has 1 amide bonds. The molecule has 0 bridgehead atoms. The minimum absolute atomic E-state index is 0.0893. The molecule has 0 fully saturated rings. The molecule has 0 saturated heterocycles. The molecule has 1 atom stereocenters. The summed E-state index contributed by atoms with van der Waals surface area (Å²) < 4.78 is 13.3. The Morgan fingerprint density at radius 3 is 2.41 bits per heavy atom. The first-order valence-electron chi connectivity index (χ1n) is 6.14. The average molecular weight is 247 g/mol. The third-order valence-electron chi connectivity index (χ3n) is 2.60. The zero-order valence-corrected chi connectivity index (χ0v) is 10.6. The van der Waals surface area contributed by atoms with Gasteiger partial charge in [-0.1, -0.05) is 19.8 Å². The Bertz CT molecular complexity index is 246. The lowest BCUT2D eigenvalue weighted by Gasteiger charge is -2.18. The van der Waals surface area contributed by atoms with Gasteiger partial charge in [0, 0.05) is 13.0 Å². The van der Waals surface area contributed by atoms with Gasteiger partial charge in [-0.3, -0.25) is 9.59 Å². The van der Waals surface area contributed by atoms with Gasteiger partial charge in [-0.2, -0.15) is 0 Å². The predicted molar refractivity (Wildman–Crippen MR) is 63.5 cm³/mol. The van der Waals surface area contributed by atoms with Crippen LogP contribution in [0.25, 0.3) is 0 Å². The third kappa shape index (κ3) is 7.71. The molecule has 0 radical (unpaired) electrons. The Hall–Kier alpha value is -1.13. The number of likely N-dealkylation sites (N-methyl/N-ethyl adjacent to an activating group) is 1. The standard InChI is InChI=1S/C12H22FNO3/c1-3-5-6-10(13)7-8-11(15)14(4-2)9-12(16)17/h10H,3-9H2,1-2H3,(H,16,17). The predicted octanol–water partition coefficient (Wildman–Crippen LogP) is 2.23. The second kappa shape index (κ2) is 8.96. The smallest absolute Gasteiger partial charge is 0.323 e. The van der Waals surface area contributed by atoms with Gasteiger partial charge < -0.3 is 10.0 Å². The van der Waals surface area contributed by atoms with E-state index in [1.807, 2.05) is 6.92 Å². The normalized spacial score (nSPS) is 12.2. The summed E-state index contributed by atoms with van der Waals surface area (Å²) in [7, 11) is 0. The molecule has 1 unspecified atom stereocenters. The molecule has 0 rings (SSSR count). The van der Waals surface area contributed by atoms with E-state index in [1.54, 1.807) is 6.92 Å². The fourth-order valence-corrected chi connectivity index (χ4v) is 1.55. The maximum absolute atomic E-state index is 13.3. The molecule has 0 heterocycles. The first kappa shape index (κ1) is 15.9. The summed E-state index contributed by atoms with van der Waals surface area (Å²) >= 11 is 0. The van der Waals surface area contributed by atoms with Crippen LogP contribution >= 0.6 is 0 Å². The van der Waals surface area contributed by atoms with Gasteiger partial charge in [-0.05, 0) is 19.8 Å². The fourth-order valence-electron chi connectivity index (χ4n) is 1.55. The van der Waals surface area contributed by atoms with Gasteiger partial charge in [0.05, 0.1) is 0 Å². The molecular weight excluding hydrogens is 225 g/mol. The number of carbonyl (C=O) groups is 2. The molecule has 0 aromatic carbocycles. The summed E-state index contributed by atoms with van der Waals surface area (Å²) in [6.45, 7) is 3.74. The van der Waals surface area contributed by atoms with Crippen molar-refractivity contribution in [1.82, 2.24) is 4.90 Å². The summed E-state index contributed by atoms with van der Waals surface area (Å²) in [5, 5.41) is 8.59. The zero-order chi connectivity index (χ0) is 13.3. The number of carboxylic acid groups (broad SMARTS) is 1. The van der Waals surface area contributed by atoms with E-state index in [-0.39, 0.29) is 25.3 Å². The zero-order valence-electron chi connectivity index (χ0n) is 10.6. The minimum atomic E-state index is -1.04. The Morgan fingerprint density at radius 1 is 1.29 bits per heavy atom. The molecule has 0 aliphatic carbocycles. The highest BCUT2D eigenvalue weighted by Gasteiger charge is 2.16. The van der Waals surface area contributed by atoms with Crippen LogP contribution in [0.1, 0.15) is 46.0 Å². The van der Waals surface area contributed by atoms with Crippen LogP contribution in [-0.4, -0.2) is 41.1 Å². The fraction of sp³-hybridized carbons (Fsp3) is 0.833. The first-order valence-corrected chi connectivity index (χ1v) is 6.14. The van der Waals surface area contributed by atoms with Crippen LogP contribution in [0.5, 0.6) is 0 Å². The lowest BCUT2D eigenvalue weighted by atomic mass is 10.1. The molecule has 5 heteroatoms. The second-order valence-electron chi connectivity index (χ2n) is 4.08. The highest BCUT2D eigenvalue weighted by atomic mass is 19.1. The number of hydrogen-bond acceptors (Lipinski definition) is 2.